The van der Waals surface area contributed by atoms with Gasteiger partial charge in [0.05, 0.1) is 0 Å². The van der Waals surface area contributed by atoms with Gasteiger partial charge in [-0.15, -0.1) is 24.0 Å². The molecular formula is C17H25ClF3IN4O2S. The van der Waals surface area contributed by atoms with Gasteiger partial charge in [0.15, 0.2) is 5.96 Å². The number of piperidine rings is 1. The molecule has 0 unspecified atom stereocenters. The highest BCUT2D eigenvalue weighted by molar-refractivity contribution is 14.0. The second kappa shape index (κ2) is 11.0. The minimum Gasteiger partial charge on any atom is -0.356 e. The van der Waals surface area contributed by atoms with Crippen molar-refractivity contribution in [1.29, 1.82) is 0 Å². The summed E-state index contributed by atoms with van der Waals surface area (Å²) in [5.74, 6) is 0.723. The van der Waals surface area contributed by atoms with Crippen molar-refractivity contribution in [2.45, 2.75) is 24.9 Å². The van der Waals surface area contributed by atoms with E-state index in [0.717, 1.165) is 5.56 Å². The third kappa shape index (κ3) is 7.14. The standard InChI is InChI=1S/C17H24ClF3N4O2S.HI/c1-22-16(24(2)12-14-3-5-15(18)6-4-14)23-11-13-7-9-25(10-8-13)28(26,27)17(19,20)21;/h3-6,13H,7-12H2,1-2H3,(H,22,23);1H. The lowest BCUT2D eigenvalue weighted by Crippen LogP contribution is -2.47. The molecular weight excluding hydrogens is 544 g/mol. The highest BCUT2D eigenvalue weighted by atomic mass is 127. The van der Waals surface area contributed by atoms with E-state index in [9.17, 15) is 21.6 Å². The predicted molar refractivity (Wildman–Crippen MR) is 119 cm³/mol. The SMILES string of the molecule is CN=C(NCC1CCN(S(=O)(=O)C(F)(F)F)CC1)N(C)Cc1ccc(Cl)cc1.I. The summed E-state index contributed by atoms with van der Waals surface area (Å²) in [6.07, 6.45) is 0.723. The van der Waals surface area contributed by atoms with Crippen LogP contribution in [0.1, 0.15) is 18.4 Å². The average Bonchev–Trinajstić information content (AvgIpc) is 2.63. The number of halogens is 5. The molecule has 0 spiro atoms. The van der Waals surface area contributed by atoms with Gasteiger partial charge in [0.25, 0.3) is 0 Å². The van der Waals surface area contributed by atoms with E-state index < -0.39 is 15.5 Å². The minimum absolute atomic E-state index is 0. The fraction of sp³-hybridized carbons (Fsp3) is 0.588. The van der Waals surface area contributed by atoms with Crippen LogP contribution < -0.4 is 5.32 Å². The molecule has 1 aliphatic heterocycles. The highest BCUT2D eigenvalue weighted by Gasteiger charge is 2.50. The summed E-state index contributed by atoms with van der Waals surface area (Å²) in [6.45, 7) is 0.859. The predicted octanol–water partition coefficient (Wildman–Crippen LogP) is 3.53. The number of rotatable bonds is 5. The number of guanidine groups is 1. The fourth-order valence-electron chi connectivity index (χ4n) is 3.06. The lowest BCUT2D eigenvalue weighted by molar-refractivity contribution is -0.0496. The molecule has 0 bridgehead atoms. The average molecular weight is 569 g/mol. The van der Waals surface area contributed by atoms with Gasteiger partial charge in [0, 0.05) is 45.3 Å². The van der Waals surface area contributed by atoms with Crippen LogP contribution in [0.15, 0.2) is 29.3 Å². The molecule has 0 radical (unpaired) electrons. The van der Waals surface area contributed by atoms with Crippen LogP contribution in [0.2, 0.25) is 5.02 Å². The van der Waals surface area contributed by atoms with Crippen LogP contribution in [0.4, 0.5) is 13.2 Å². The zero-order chi connectivity index (χ0) is 20.9. The summed E-state index contributed by atoms with van der Waals surface area (Å²) >= 11 is 5.88. The zero-order valence-electron chi connectivity index (χ0n) is 16.1. The first kappa shape index (κ1) is 26.2. The summed E-state index contributed by atoms with van der Waals surface area (Å²) in [7, 11) is -1.71. The second-order valence-electron chi connectivity index (χ2n) is 6.70. The Morgan fingerprint density at radius 3 is 2.31 bits per heavy atom. The highest BCUT2D eigenvalue weighted by Crippen LogP contribution is 2.30. The number of benzene rings is 1. The van der Waals surface area contributed by atoms with E-state index in [1.807, 2.05) is 36.2 Å². The molecule has 1 fully saturated rings. The number of sulfonamides is 1. The molecule has 0 amide bonds. The quantitative estimate of drug-likeness (QED) is 0.335. The molecule has 166 valence electrons. The van der Waals surface area contributed by atoms with Gasteiger partial charge in [0.2, 0.25) is 0 Å². The molecule has 1 N–H and O–H groups in total. The molecule has 2 rings (SSSR count). The normalized spacial score (nSPS) is 17.0. The molecule has 6 nitrogen and oxygen atoms in total. The number of alkyl halides is 3. The van der Waals surface area contributed by atoms with Crippen LogP contribution in [-0.4, -0.2) is 62.8 Å². The maximum absolute atomic E-state index is 12.6. The van der Waals surface area contributed by atoms with Crippen molar-refractivity contribution in [1.82, 2.24) is 14.5 Å². The van der Waals surface area contributed by atoms with E-state index in [1.54, 1.807) is 7.05 Å². The van der Waals surface area contributed by atoms with E-state index >= 15 is 0 Å². The first-order valence-corrected chi connectivity index (χ1v) is 10.6. The van der Waals surface area contributed by atoms with Crippen molar-refractivity contribution in [3.05, 3.63) is 34.9 Å². The summed E-state index contributed by atoms with van der Waals surface area (Å²) < 4.78 is 61.3. The molecule has 1 aromatic rings. The van der Waals surface area contributed by atoms with Crippen molar-refractivity contribution in [2.75, 3.05) is 33.7 Å². The van der Waals surface area contributed by atoms with Crippen molar-refractivity contribution in [3.63, 3.8) is 0 Å². The number of hydrogen-bond donors (Lipinski definition) is 1. The van der Waals surface area contributed by atoms with Gasteiger partial charge in [-0.3, -0.25) is 4.99 Å². The Morgan fingerprint density at radius 1 is 1.28 bits per heavy atom. The fourth-order valence-corrected chi connectivity index (χ4v) is 4.17. The summed E-state index contributed by atoms with van der Waals surface area (Å²) in [6, 6.07) is 7.46. The zero-order valence-corrected chi connectivity index (χ0v) is 20.0. The molecule has 1 aliphatic rings. The first-order valence-electron chi connectivity index (χ1n) is 8.77. The van der Waals surface area contributed by atoms with Gasteiger partial charge in [-0.2, -0.15) is 17.5 Å². The Morgan fingerprint density at radius 2 is 1.83 bits per heavy atom. The Balaban J connectivity index is 0.00000420. The molecule has 1 saturated heterocycles. The van der Waals surface area contributed by atoms with E-state index in [1.165, 1.54) is 0 Å². The maximum Gasteiger partial charge on any atom is 0.511 e. The molecule has 12 heteroatoms. The van der Waals surface area contributed by atoms with Crippen molar-refractivity contribution in [3.8, 4) is 0 Å². The van der Waals surface area contributed by atoms with Crippen molar-refractivity contribution < 1.29 is 21.6 Å². The van der Waals surface area contributed by atoms with Gasteiger partial charge >= 0.3 is 15.5 Å². The number of aliphatic imine (C=N–C) groups is 1. The van der Waals surface area contributed by atoms with Gasteiger partial charge < -0.3 is 10.2 Å². The molecule has 29 heavy (non-hydrogen) atoms. The minimum atomic E-state index is -5.25. The molecule has 1 aromatic carbocycles. The Hall–Kier alpha value is -0.790. The third-order valence-electron chi connectivity index (χ3n) is 4.66. The molecule has 0 atom stereocenters. The monoisotopic (exact) mass is 568 g/mol. The van der Waals surface area contributed by atoms with Gasteiger partial charge in [0.1, 0.15) is 0 Å². The number of hydrogen-bond acceptors (Lipinski definition) is 3. The molecule has 0 aromatic heterocycles. The first-order chi connectivity index (χ1) is 13.0. The Bertz CT molecular complexity index is 783. The van der Waals surface area contributed by atoms with Crippen LogP contribution in [0.5, 0.6) is 0 Å². The van der Waals surface area contributed by atoms with Crippen LogP contribution in [0, 0.1) is 5.92 Å². The van der Waals surface area contributed by atoms with Gasteiger partial charge in [-0.05, 0) is 36.5 Å². The lowest BCUT2D eigenvalue weighted by Gasteiger charge is -2.32. The van der Waals surface area contributed by atoms with Crippen LogP contribution in [-0.2, 0) is 16.6 Å². The van der Waals surface area contributed by atoms with Crippen LogP contribution in [0.25, 0.3) is 0 Å². The van der Waals surface area contributed by atoms with E-state index in [-0.39, 0.29) is 43.0 Å². The lowest BCUT2D eigenvalue weighted by atomic mass is 9.98. The van der Waals surface area contributed by atoms with Gasteiger partial charge in [-0.1, -0.05) is 23.7 Å². The molecule has 0 saturated carbocycles. The van der Waals surface area contributed by atoms with Crippen LogP contribution in [0.3, 0.4) is 0 Å². The summed E-state index contributed by atoms with van der Waals surface area (Å²) in [5, 5.41) is 3.87. The van der Waals surface area contributed by atoms with E-state index in [4.69, 9.17) is 11.6 Å². The largest absolute Gasteiger partial charge is 0.511 e. The summed E-state index contributed by atoms with van der Waals surface area (Å²) in [4.78, 5) is 6.15. The summed E-state index contributed by atoms with van der Waals surface area (Å²) in [5.41, 5.74) is -4.19. The Labute approximate surface area is 191 Å². The number of nitrogens with one attached hydrogen (secondary N) is 1. The molecule has 1 heterocycles. The molecule has 0 aliphatic carbocycles. The third-order valence-corrected chi connectivity index (χ3v) is 6.54. The number of nitrogens with zero attached hydrogens (tertiary/aromatic N) is 3. The van der Waals surface area contributed by atoms with Gasteiger partial charge in [-0.25, -0.2) is 8.42 Å². The second-order valence-corrected chi connectivity index (χ2v) is 9.07. The Kier molecular flexibility index (Phi) is 9.96. The van der Waals surface area contributed by atoms with E-state index in [0.29, 0.717) is 41.2 Å². The van der Waals surface area contributed by atoms with Crippen molar-refractivity contribution in [2.24, 2.45) is 10.9 Å². The maximum atomic E-state index is 12.6. The van der Waals surface area contributed by atoms with Crippen LogP contribution >= 0.6 is 35.6 Å². The smallest absolute Gasteiger partial charge is 0.356 e. The van der Waals surface area contributed by atoms with E-state index in [2.05, 4.69) is 10.3 Å². The topological polar surface area (TPSA) is 65.0 Å². The van der Waals surface area contributed by atoms with Crippen molar-refractivity contribution >= 4 is 51.6 Å².